The van der Waals surface area contributed by atoms with Crippen molar-refractivity contribution >= 4 is 29.0 Å². The van der Waals surface area contributed by atoms with E-state index in [0.717, 1.165) is 13.0 Å². The summed E-state index contributed by atoms with van der Waals surface area (Å²) >= 11 is 1.80. The van der Waals surface area contributed by atoms with E-state index in [2.05, 4.69) is 68.7 Å². The molecule has 6 heteroatoms. The number of amides is 1. The van der Waals surface area contributed by atoms with E-state index >= 15 is 0 Å². The summed E-state index contributed by atoms with van der Waals surface area (Å²) in [6.07, 6.45) is 2.44. The van der Waals surface area contributed by atoms with Gasteiger partial charge in [-0.3, -0.25) is 4.79 Å². The lowest BCUT2D eigenvalue weighted by Crippen LogP contribution is -2.29. The van der Waals surface area contributed by atoms with Crippen LogP contribution in [-0.2, 0) is 0 Å². The summed E-state index contributed by atoms with van der Waals surface area (Å²) in [6, 6.07) is 18.5. The van der Waals surface area contributed by atoms with Gasteiger partial charge in [-0.15, -0.1) is 0 Å². The lowest BCUT2D eigenvalue weighted by atomic mass is 10.2. The Labute approximate surface area is 162 Å². The van der Waals surface area contributed by atoms with Gasteiger partial charge in [0.25, 0.3) is 5.91 Å². The molecular weight excluding hydrogens is 356 g/mol. The summed E-state index contributed by atoms with van der Waals surface area (Å²) in [5, 5.41) is 2.95. The van der Waals surface area contributed by atoms with Crippen LogP contribution in [0.2, 0.25) is 0 Å². The number of nitrogens with one attached hydrogen (secondary N) is 1. The minimum Gasteiger partial charge on any atom is -0.351 e. The van der Waals surface area contributed by atoms with Crippen LogP contribution in [0.15, 0.2) is 70.6 Å². The first-order valence-electron chi connectivity index (χ1n) is 8.94. The number of carbonyl (C=O) groups is 1. The van der Waals surface area contributed by atoms with Crippen molar-refractivity contribution in [1.29, 1.82) is 0 Å². The lowest BCUT2D eigenvalue weighted by molar-refractivity contribution is 0.0948. The van der Waals surface area contributed by atoms with E-state index in [1.165, 1.54) is 21.2 Å². The Morgan fingerprint density at radius 2 is 1.70 bits per heavy atom. The molecule has 27 heavy (non-hydrogen) atoms. The zero-order valence-electron chi connectivity index (χ0n) is 15.1. The molecule has 0 spiro atoms. The van der Waals surface area contributed by atoms with Crippen molar-refractivity contribution in [2.75, 3.05) is 18.0 Å². The maximum Gasteiger partial charge on any atom is 0.270 e. The van der Waals surface area contributed by atoms with Crippen LogP contribution in [0.4, 0.5) is 11.4 Å². The molecule has 136 valence electrons. The predicted molar refractivity (Wildman–Crippen MR) is 108 cm³/mol. The molecule has 1 aliphatic heterocycles. The average molecular weight is 376 g/mol. The van der Waals surface area contributed by atoms with Gasteiger partial charge in [-0.1, -0.05) is 36.0 Å². The first kappa shape index (κ1) is 17.5. The first-order valence-corrected chi connectivity index (χ1v) is 9.75. The zero-order chi connectivity index (χ0) is 18.6. The highest BCUT2D eigenvalue weighted by atomic mass is 32.2. The summed E-state index contributed by atoms with van der Waals surface area (Å²) in [6.45, 7) is 3.20. The Balaban J connectivity index is 1.42. The zero-order valence-corrected chi connectivity index (χ0v) is 15.9. The Morgan fingerprint density at radius 1 is 1.04 bits per heavy atom. The molecule has 5 nitrogen and oxygen atoms in total. The van der Waals surface area contributed by atoms with Gasteiger partial charge in [0.2, 0.25) is 0 Å². The van der Waals surface area contributed by atoms with Crippen LogP contribution in [0.3, 0.4) is 0 Å². The van der Waals surface area contributed by atoms with Gasteiger partial charge in [0.05, 0.1) is 11.4 Å². The standard InChI is InChI=1S/C21H20N4OS/c1-15-22-13-11-16(24-15)21(26)23-12-6-14-25-17-7-2-4-9-19(17)27-20-10-5-3-8-18(20)25/h2-5,7-11,13H,6,12,14H2,1H3,(H,23,26). The SMILES string of the molecule is Cc1nccc(C(=O)NCCCN2c3ccccc3Sc3ccccc32)n1. The monoisotopic (exact) mass is 376 g/mol. The van der Waals surface area contributed by atoms with Crippen LogP contribution in [0.1, 0.15) is 22.7 Å². The largest absolute Gasteiger partial charge is 0.351 e. The van der Waals surface area contributed by atoms with Crippen molar-refractivity contribution in [2.45, 2.75) is 23.1 Å². The number of rotatable bonds is 5. The quantitative estimate of drug-likeness (QED) is 0.676. The van der Waals surface area contributed by atoms with Crippen molar-refractivity contribution < 1.29 is 4.79 Å². The molecule has 0 fully saturated rings. The number of benzene rings is 2. The van der Waals surface area contributed by atoms with Crippen LogP contribution >= 0.6 is 11.8 Å². The molecule has 4 rings (SSSR count). The maximum atomic E-state index is 12.2. The summed E-state index contributed by atoms with van der Waals surface area (Å²) in [4.78, 5) is 25.3. The molecule has 2 heterocycles. The summed E-state index contributed by atoms with van der Waals surface area (Å²) in [5.74, 6) is 0.442. The Kier molecular flexibility index (Phi) is 5.07. The molecule has 2 aromatic carbocycles. The number of fused-ring (bicyclic) bond motifs is 2. The van der Waals surface area contributed by atoms with E-state index in [1.54, 1.807) is 30.9 Å². The smallest absolute Gasteiger partial charge is 0.270 e. The van der Waals surface area contributed by atoms with Crippen molar-refractivity contribution in [3.63, 3.8) is 0 Å². The van der Waals surface area contributed by atoms with E-state index in [9.17, 15) is 4.79 Å². The summed E-state index contributed by atoms with van der Waals surface area (Å²) in [5.41, 5.74) is 2.85. The van der Waals surface area contributed by atoms with Crippen molar-refractivity contribution in [1.82, 2.24) is 15.3 Å². The van der Waals surface area contributed by atoms with Crippen LogP contribution < -0.4 is 10.2 Å². The molecule has 0 bridgehead atoms. The minimum atomic E-state index is -0.157. The molecule has 1 aliphatic rings. The molecule has 0 atom stereocenters. The molecule has 1 amide bonds. The van der Waals surface area contributed by atoms with Crippen molar-refractivity contribution in [3.05, 3.63) is 72.3 Å². The fourth-order valence-electron chi connectivity index (χ4n) is 3.13. The number of nitrogens with zero attached hydrogens (tertiary/aromatic N) is 3. The van der Waals surface area contributed by atoms with Crippen LogP contribution in [0.5, 0.6) is 0 Å². The summed E-state index contributed by atoms with van der Waals surface area (Å²) in [7, 11) is 0. The van der Waals surface area contributed by atoms with Crippen LogP contribution in [-0.4, -0.2) is 29.0 Å². The Morgan fingerprint density at radius 3 is 2.37 bits per heavy atom. The van der Waals surface area contributed by atoms with Gasteiger partial charge in [-0.05, 0) is 43.7 Å². The number of aryl methyl sites for hydroxylation is 1. The van der Waals surface area contributed by atoms with Gasteiger partial charge in [0.15, 0.2) is 0 Å². The van der Waals surface area contributed by atoms with Gasteiger partial charge in [0, 0.05) is 29.1 Å². The Bertz CT molecular complexity index is 930. The number of hydrogen-bond acceptors (Lipinski definition) is 5. The van der Waals surface area contributed by atoms with Crippen LogP contribution in [0.25, 0.3) is 0 Å². The van der Waals surface area contributed by atoms with E-state index < -0.39 is 0 Å². The van der Waals surface area contributed by atoms with E-state index in [-0.39, 0.29) is 5.91 Å². The van der Waals surface area contributed by atoms with Crippen LogP contribution in [0, 0.1) is 6.92 Å². The fourth-order valence-corrected chi connectivity index (χ4v) is 4.23. The second kappa shape index (κ2) is 7.80. The van der Waals surface area contributed by atoms with Crippen molar-refractivity contribution in [2.24, 2.45) is 0 Å². The number of hydrogen-bond donors (Lipinski definition) is 1. The van der Waals surface area contributed by atoms with E-state index in [0.29, 0.717) is 18.1 Å². The molecule has 1 aromatic heterocycles. The van der Waals surface area contributed by atoms with E-state index in [1.807, 2.05) is 0 Å². The Hall–Kier alpha value is -2.86. The number of para-hydroxylation sites is 2. The number of carbonyl (C=O) groups excluding carboxylic acids is 1. The highest BCUT2D eigenvalue weighted by molar-refractivity contribution is 7.99. The second-order valence-corrected chi connectivity index (χ2v) is 7.37. The van der Waals surface area contributed by atoms with Gasteiger partial charge >= 0.3 is 0 Å². The second-order valence-electron chi connectivity index (χ2n) is 6.29. The summed E-state index contributed by atoms with van der Waals surface area (Å²) < 4.78 is 0. The van der Waals surface area contributed by atoms with E-state index in [4.69, 9.17) is 0 Å². The number of anilines is 2. The molecule has 0 saturated carbocycles. The lowest BCUT2D eigenvalue weighted by Gasteiger charge is -2.32. The first-order chi connectivity index (χ1) is 13.2. The van der Waals surface area contributed by atoms with Gasteiger partial charge < -0.3 is 10.2 Å². The third-order valence-corrected chi connectivity index (χ3v) is 5.52. The fraction of sp³-hybridized carbons (Fsp3) is 0.190. The molecule has 0 radical (unpaired) electrons. The third kappa shape index (κ3) is 3.80. The molecule has 1 N–H and O–H groups in total. The average Bonchev–Trinajstić information content (AvgIpc) is 2.70. The molecule has 0 saturated heterocycles. The molecule has 0 aliphatic carbocycles. The van der Waals surface area contributed by atoms with Gasteiger partial charge in [-0.25, -0.2) is 9.97 Å². The van der Waals surface area contributed by atoms with Gasteiger partial charge in [0.1, 0.15) is 11.5 Å². The highest BCUT2D eigenvalue weighted by Gasteiger charge is 2.22. The predicted octanol–water partition coefficient (Wildman–Crippen LogP) is 4.21. The number of aromatic nitrogens is 2. The minimum absolute atomic E-state index is 0.157. The highest BCUT2D eigenvalue weighted by Crippen LogP contribution is 2.47. The third-order valence-electron chi connectivity index (χ3n) is 4.38. The van der Waals surface area contributed by atoms with Crippen molar-refractivity contribution in [3.8, 4) is 0 Å². The normalized spacial score (nSPS) is 12.3. The molecule has 3 aromatic rings. The molecular formula is C21H20N4OS. The van der Waals surface area contributed by atoms with Gasteiger partial charge in [-0.2, -0.15) is 0 Å². The molecule has 0 unspecified atom stereocenters. The maximum absolute atomic E-state index is 12.2. The topological polar surface area (TPSA) is 58.1 Å².